The van der Waals surface area contributed by atoms with E-state index in [0.29, 0.717) is 17.7 Å². The normalized spacial score (nSPS) is 23.6. The largest absolute Gasteiger partial charge is 0.336 e. The number of thioether (sulfide) groups is 1. The Bertz CT molecular complexity index is 728. The van der Waals surface area contributed by atoms with Crippen molar-refractivity contribution in [2.45, 2.75) is 31.7 Å². The van der Waals surface area contributed by atoms with Gasteiger partial charge in [0.15, 0.2) is 0 Å². The van der Waals surface area contributed by atoms with Crippen LogP contribution in [0.3, 0.4) is 0 Å². The van der Waals surface area contributed by atoms with Gasteiger partial charge in [0.05, 0.1) is 17.2 Å². The van der Waals surface area contributed by atoms with Crippen molar-refractivity contribution >= 4 is 29.5 Å². The number of nitrogens with zero attached hydrogens (tertiary/aromatic N) is 3. The molecule has 3 aliphatic rings. The van der Waals surface area contributed by atoms with E-state index in [1.807, 2.05) is 16.7 Å². The Hall–Kier alpha value is -1.86. The molecule has 0 aromatic heterocycles. The highest BCUT2D eigenvalue weighted by Gasteiger charge is 2.38. The number of imide groups is 1. The second-order valence-electron chi connectivity index (χ2n) is 7.77. The standard InChI is InChI=1S/C21H27N3O3S/c25-19(14-24-20(26)17-7-2-3-8-18(17)21(24)27)23-11-6-12-28-15-16(23)13-22-9-4-1-5-10-22/h2-3,7-8,16H,1,4-6,9-15H2. The molecule has 6 nitrogen and oxygen atoms in total. The van der Waals surface area contributed by atoms with Crippen LogP contribution in [0.25, 0.3) is 0 Å². The Morgan fingerprint density at radius 2 is 1.64 bits per heavy atom. The quantitative estimate of drug-likeness (QED) is 0.723. The average Bonchev–Trinajstić information content (AvgIpc) is 2.88. The monoisotopic (exact) mass is 401 g/mol. The molecule has 2 fully saturated rings. The Balaban J connectivity index is 1.46. The maximum atomic E-state index is 13.2. The Morgan fingerprint density at radius 1 is 0.964 bits per heavy atom. The molecule has 0 radical (unpaired) electrons. The van der Waals surface area contributed by atoms with Crippen LogP contribution in [0.15, 0.2) is 24.3 Å². The summed E-state index contributed by atoms with van der Waals surface area (Å²) in [4.78, 5) is 43.9. The predicted molar refractivity (Wildman–Crippen MR) is 110 cm³/mol. The average molecular weight is 402 g/mol. The fraction of sp³-hybridized carbons (Fsp3) is 0.571. The fourth-order valence-corrected chi connectivity index (χ4v) is 5.41. The molecular formula is C21H27N3O3S. The molecule has 0 saturated carbocycles. The van der Waals surface area contributed by atoms with E-state index in [1.54, 1.807) is 24.3 Å². The van der Waals surface area contributed by atoms with Crippen molar-refractivity contribution in [3.8, 4) is 0 Å². The van der Waals surface area contributed by atoms with Crippen LogP contribution in [0, 0.1) is 0 Å². The first-order chi connectivity index (χ1) is 13.6. The second-order valence-corrected chi connectivity index (χ2v) is 8.92. The first-order valence-electron chi connectivity index (χ1n) is 10.2. The highest BCUT2D eigenvalue weighted by molar-refractivity contribution is 7.99. The molecule has 3 heterocycles. The van der Waals surface area contributed by atoms with Crippen LogP contribution in [-0.2, 0) is 4.79 Å². The van der Waals surface area contributed by atoms with E-state index < -0.39 is 0 Å². The van der Waals surface area contributed by atoms with Gasteiger partial charge in [-0.1, -0.05) is 18.6 Å². The third kappa shape index (κ3) is 3.96. The maximum absolute atomic E-state index is 13.2. The van der Waals surface area contributed by atoms with Gasteiger partial charge in [0.2, 0.25) is 5.91 Å². The van der Waals surface area contributed by atoms with Gasteiger partial charge in [-0.05, 0) is 50.2 Å². The molecule has 0 N–H and O–H groups in total. The number of piperidine rings is 1. The lowest BCUT2D eigenvalue weighted by molar-refractivity contribution is -0.133. The number of benzene rings is 1. The fourth-order valence-electron chi connectivity index (χ4n) is 4.36. The van der Waals surface area contributed by atoms with Gasteiger partial charge < -0.3 is 9.80 Å². The van der Waals surface area contributed by atoms with Crippen LogP contribution in [0.2, 0.25) is 0 Å². The van der Waals surface area contributed by atoms with Gasteiger partial charge in [0.25, 0.3) is 11.8 Å². The van der Waals surface area contributed by atoms with Crippen molar-refractivity contribution < 1.29 is 14.4 Å². The SMILES string of the molecule is O=C1c2ccccc2C(=O)N1CC(=O)N1CCCSCC1CN1CCCCC1. The summed E-state index contributed by atoms with van der Waals surface area (Å²) in [5.74, 6) is 1.15. The number of carbonyl (C=O) groups excluding carboxylic acids is 3. The van der Waals surface area contributed by atoms with Crippen LogP contribution < -0.4 is 0 Å². The molecule has 0 spiro atoms. The molecule has 1 aromatic carbocycles. The smallest absolute Gasteiger partial charge is 0.262 e. The molecule has 4 rings (SSSR count). The van der Waals surface area contributed by atoms with Crippen molar-refractivity contribution in [1.82, 2.24) is 14.7 Å². The summed E-state index contributed by atoms with van der Waals surface area (Å²) in [5.41, 5.74) is 0.799. The molecule has 2 saturated heterocycles. The predicted octanol–water partition coefficient (Wildman–Crippen LogP) is 2.10. The topological polar surface area (TPSA) is 60.9 Å². The first-order valence-corrected chi connectivity index (χ1v) is 11.4. The van der Waals surface area contributed by atoms with Crippen molar-refractivity contribution in [2.75, 3.05) is 44.2 Å². The highest BCUT2D eigenvalue weighted by atomic mass is 32.2. The third-order valence-electron chi connectivity index (χ3n) is 5.85. The summed E-state index contributed by atoms with van der Waals surface area (Å²) < 4.78 is 0. The summed E-state index contributed by atoms with van der Waals surface area (Å²) in [6, 6.07) is 6.95. The number of fused-ring (bicyclic) bond motifs is 1. The summed E-state index contributed by atoms with van der Waals surface area (Å²) in [5, 5.41) is 0. The summed E-state index contributed by atoms with van der Waals surface area (Å²) in [7, 11) is 0. The van der Waals surface area contributed by atoms with E-state index in [2.05, 4.69) is 4.90 Å². The van der Waals surface area contributed by atoms with Crippen molar-refractivity contribution in [3.05, 3.63) is 35.4 Å². The van der Waals surface area contributed by atoms with E-state index in [4.69, 9.17) is 0 Å². The van der Waals surface area contributed by atoms with Gasteiger partial charge in [-0.2, -0.15) is 11.8 Å². The number of carbonyl (C=O) groups is 3. The lowest BCUT2D eigenvalue weighted by atomic mass is 10.1. The van der Waals surface area contributed by atoms with Crippen LogP contribution in [0.4, 0.5) is 0 Å². The van der Waals surface area contributed by atoms with E-state index in [1.165, 1.54) is 19.3 Å². The molecule has 1 aromatic rings. The number of hydrogen-bond acceptors (Lipinski definition) is 5. The van der Waals surface area contributed by atoms with Crippen LogP contribution in [0.5, 0.6) is 0 Å². The molecule has 150 valence electrons. The third-order valence-corrected chi connectivity index (χ3v) is 7.05. The Morgan fingerprint density at radius 3 is 2.32 bits per heavy atom. The summed E-state index contributed by atoms with van der Waals surface area (Å²) in [6.07, 6.45) is 4.69. The van der Waals surface area contributed by atoms with Gasteiger partial charge in [0, 0.05) is 18.8 Å². The minimum atomic E-state index is -0.356. The van der Waals surface area contributed by atoms with Gasteiger partial charge >= 0.3 is 0 Å². The zero-order valence-electron chi connectivity index (χ0n) is 16.1. The van der Waals surface area contributed by atoms with Crippen molar-refractivity contribution in [3.63, 3.8) is 0 Å². The van der Waals surface area contributed by atoms with Crippen LogP contribution in [-0.4, -0.2) is 82.7 Å². The molecule has 1 atom stereocenters. The van der Waals surface area contributed by atoms with E-state index in [9.17, 15) is 14.4 Å². The number of hydrogen-bond donors (Lipinski definition) is 0. The zero-order valence-corrected chi connectivity index (χ0v) is 17.0. The first kappa shape index (κ1) is 19.5. The highest BCUT2D eigenvalue weighted by Crippen LogP contribution is 2.24. The molecule has 0 aliphatic carbocycles. The molecule has 0 bridgehead atoms. The maximum Gasteiger partial charge on any atom is 0.262 e. The Kier molecular flexibility index (Phi) is 6.01. The van der Waals surface area contributed by atoms with Gasteiger partial charge in [-0.15, -0.1) is 0 Å². The van der Waals surface area contributed by atoms with Crippen LogP contribution in [0.1, 0.15) is 46.4 Å². The van der Waals surface area contributed by atoms with Gasteiger partial charge in [-0.25, -0.2) is 0 Å². The molecule has 28 heavy (non-hydrogen) atoms. The van der Waals surface area contributed by atoms with Crippen molar-refractivity contribution in [1.29, 1.82) is 0 Å². The lowest BCUT2D eigenvalue weighted by Gasteiger charge is -2.36. The number of rotatable bonds is 4. The molecule has 3 aliphatic heterocycles. The number of likely N-dealkylation sites (tertiary alicyclic amines) is 1. The van der Waals surface area contributed by atoms with E-state index in [-0.39, 0.29) is 30.3 Å². The molecule has 7 heteroatoms. The minimum absolute atomic E-state index is 0.112. The van der Waals surface area contributed by atoms with E-state index in [0.717, 1.165) is 42.5 Å². The molecule has 3 amide bonds. The number of amides is 3. The minimum Gasteiger partial charge on any atom is -0.336 e. The van der Waals surface area contributed by atoms with Gasteiger partial charge in [0.1, 0.15) is 6.54 Å². The lowest BCUT2D eigenvalue weighted by Crippen LogP contribution is -2.52. The van der Waals surface area contributed by atoms with Crippen molar-refractivity contribution in [2.24, 2.45) is 0 Å². The molecular weight excluding hydrogens is 374 g/mol. The Labute approximate surface area is 170 Å². The van der Waals surface area contributed by atoms with Gasteiger partial charge in [-0.3, -0.25) is 19.3 Å². The second kappa shape index (κ2) is 8.66. The molecule has 1 unspecified atom stereocenters. The van der Waals surface area contributed by atoms with E-state index >= 15 is 0 Å². The summed E-state index contributed by atoms with van der Waals surface area (Å²) in [6.45, 7) is 3.63. The summed E-state index contributed by atoms with van der Waals surface area (Å²) >= 11 is 1.90. The zero-order chi connectivity index (χ0) is 19.5. The van der Waals surface area contributed by atoms with Crippen LogP contribution >= 0.6 is 11.8 Å².